The molecule has 1 aromatic heterocycles. The van der Waals surface area contributed by atoms with E-state index in [0.717, 1.165) is 22.6 Å². The summed E-state index contributed by atoms with van der Waals surface area (Å²) in [5.41, 5.74) is 3.34. The van der Waals surface area contributed by atoms with Gasteiger partial charge in [-0.2, -0.15) is 0 Å². The Balaban J connectivity index is 1.42. The molecule has 1 heterocycles. The first-order valence-corrected chi connectivity index (χ1v) is 12.2. The Kier molecular flexibility index (Phi) is 6.86. The monoisotopic (exact) mass is 411 g/mol. The molecule has 5 heteroatoms. The number of hydrogen-bond acceptors (Lipinski definition) is 3. The summed E-state index contributed by atoms with van der Waals surface area (Å²) in [4.78, 5) is 18.9. The summed E-state index contributed by atoms with van der Waals surface area (Å²) in [7, 11) is 0. The summed E-state index contributed by atoms with van der Waals surface area (Å²) in [5, 5.41) is 5.22. The zero-order chi connectivity index (χ0) is 20.1. The highest BCUT2D eigenvalue weighted by molar-refractivity contribution is 7.07. The molecule has 4 rings (SSSR count). The normalized spacial score (nSPS) is 18.2. The van der Waals surface area contributed by atoms with Gasteiger partial charge in [0.1, 0.15) is 0 Å². The number of unbranched alkanes of at least 4 members (excludes halogenated alkanes) is 1. The van der Waals surface area contributed by atoms with Gasteiger partial charge < -0.3 is 9.88 Å². The average molecular weight is 412 g/mol. The van der Waals surface area contributed by atoms with E-state index in [2.05, 4.69) is 34.3 Å². The lowest BCUT2D eigenvalue weighted by molar-refractivity contribution is -0.115. The van der Waals surface area contributed by atoms with Crippen LogP contribution in [0.15, 0.2) is 34.6 Å². The predicted octanol–water partition coefficient (Wildman–Crippen LogP) is 5.64. The van der Waals surface area contributed by atoms with Gasteiger partial charge in [-0.1, -0.05) is 44.7 Å². The minimum Gasteiger partial charge on any atom is -0.326 e. The van der Waals surface area contributed by atoms with Crippen molar-refractivity contribution in [2.24, 2.45) is 4.99 Å². The maximum absolute atomic E-state index is 12.7. The van der Waals surface area contributed by atoms with E-state index in [9.17, 15) is 4.79 Å². The smallest absolute Gasteiger partial charge is 0.230 e. The summed E-state index contributed by atoms with van der Waals surface area (Å²) in [5.74, 6) is 0.0581. The number of nitrogens with zero attached hydrogens (tertiary/aromatic N) is 2. The van der Waals surface area contributed by atoms with Crippen LogP contribution in [0.2, 0.25) is 0 Å². The van der Waals surface area contributed by atoms with E-state index in [1.54, 1.807) is 11.3 Å². The summed E-state index contributed by atoms with van der Waals surface area (Å²) < 4.78 is 2.35. The van der Waals surface area contributed by atoms with Gasteiger partial charge in [0.05, 0.1) is 12.5 Å². The molecule has 0 bridgehead atoms. The largest absolute Gasteiger partial charge is 0.326 e. The van der Waals surface area contributed by atoms with Gasteiger partial charge in [-0.15, -0.1) is 11.3 Å². The molecule has 0 radical (unpaired) electrons. The van der Waals surface area contributed by atoms with Crippen molar-refractivity contribution in [2.45, 2.75) is 89.6 Å². The molecule has 1 aromatic carbocycles. The number of carbonyl (C=O) groups excluding carboxylic acids is 1. The number of aromatic nitrogens is 1. The van der Waals surface area contributed by atoms with E-state index in [1.165, 1.54) is 63.4 Å². The fourth-order valence-electron chi connectivity index (χ4n) is 4.17. The zero-order valence-corrected chi connectivity index (χ0v) is 18.3. The van der Waals surface area contributed by atoms with Crippen molar-refractivity contribution in [2.75, 3.05) is 5.32 Å². The number of nitrogens with one attached hydrogen (secondary N) is 1. The average Bonchev–Trinajstić information content (AvgIpc) is 3.50. The fraction of sp³-hybridized carbons (Fsp3) is 0.583. The molecule has 1 amide bonds. The van der Waals surface area contributed by atoms with Gasteiger partial charge in [0, 0.05) is 22.8 Å². The van der Waals surface area contributed by atoms with Gasteiger partial charge in [0.15, 0.2) is 4.80 Å². The van der Waals surface area contributed by atoms with Crippen LogP contribution >= 0.6 is 11.3 Å². The number of thiazole rings is 1. The van der Waals surface area contributed by atoms with Gasteiger partial charge in [0.2, 0.25) is 5.91 Å². The van der Waals surface area contributed by atoms with Crippen LogP contribution in [0.25, 0.3) is 0 Å². The summed E-state index contributed by atoms with van der Waals surface area (Å²) in [6.45, 7) is 2.21. The third-order valence-corrected chi connectivity index (χ3v) is 6.90. The molecular weight excluding hydrogens is 378 g/mol. The lowest BCUT2D eigenvalue weighted by Gasteiger charge is -2.17. The Bertz CT molecular complexity index is 870. The number of rotatable bonds is 8. The maximum atomic E-state index is 12.7. The Morgan fingerprint density at radius 2 is 1.90 bits per heavy atom. The summed E-state index contributed by atoms with van der Waals surface area (Å²) in [6.07, 6.45) is 12.7. The van der Waals surface area contributed by atoms with Crippen LogP contribution in [0.3, 0.4) is 0 Å². The van der Waals surface area contributed by atoms with Gasteiger partial charge in [-0.25, -0.2) is 0 Å². The highest BCUT2D eigenvalue weighted by atomic mass is 32.1. The molecule has 2 saturated carbocycles. The lowest BCUT2D eigenvalue weighted by Crippen LogP contribution is -2.23. The van der Waals surface area contributed by atoms with Crippen LogP contribution in [0.4, 0.5) is 5.69 Å². The highest BCUT2D eigenvalue weighted by Crippen LogP contribution is 2.35. The van der Waals surface area contributed by atoms with E-state index in [-0.39, 0.29) is 5.91 Å². The Labute approximate surface area is 178 Å². The number of hydrogen-bond donors (Lipinski definition) is 1. The quantitative estimate of drug-likeness (QED) is 0.600. The van der Waals surface area contributed by atoms with E-state index < -0.39 is 0 Å². The molecule has 2 aromatic rings. The van der Waals surface area contributed by atoms with E-state index >= 15 is 0 Å². The number of carbonyl (C=O) groups is 1. The Morgan fingerprint density at radius 3 is 2.59 bits per heavy atom. The van der Waals surface area contributed by atoms with Crippen molar-refractivity contribution in [3.63, 3.8) is 0 Å². The van der Waals surface area contributed by atoms with Crippen molar-refractivity contribution in [1.29, 1.82) is 0 Å². The Morgan fingerprint density at radius 1 is 1.14 bits per heavy atom. The maximum Gasteiger partial charge on any atom is 0.230 e. The van der Waals surface area contributed by atoms with Crippen molar-refractivity contribution in [3.8, 4) is 0 Å². The van der Waals surface area contributed by atoms with Crippen LogP contribution in [0.5, 0.6) is 0 Å². The standard InChI is InChI=1S/C24H33N3OS/c1-2-3-7-18-10-12-20(13-11-18)25-23(28)16-22-17-29-24(27(22)21-14-15-21)26-19-8-5-4-6-9-19/h10-13,17,19,21H,2-9,14-16H2,1H3,(H,25,28). The predicted molar refractivity (Wildman–Crippen MR) is 120 cm³/mol. The molecule has 4 nitrogen and oxygen atoms in total. The van der Waals surface area contributed by atoms with Crippen molar-refractivity contribution in [3.05, 3.63) is 45.7 Å². The SMILES string of the molecule is CCCCc1ccc(NC(=O)Cc2csc(=NC3CCCCC3)n2C2CC2)cc1. The first-order valence-electron chi connectivity index (χ1n) is 11.3. The number of anilines is 1. The minimum atomic E-state index is 0.0581. The van der Waals surface area contributed by atoms with Crippen LogP contribution < -0.4 is 10.1 Å². The molecule has 2 aliphatic carbocycles. The molecule has 2 fully saturated rings. The Hall–Kier alpha value is -1.88. The van der Waals surface area contributed by atoms with Crippen molar-refractivity contribution in [1.82, 2.24) is 4.57 Å². The molecule has 0 unspecified atom stereocenters. The topological polar surface area (TPSA) is 46.4 Å². The van der Waals surface area contributed by atoms with Crippen LogP contribution in [0, 0.1) is 0 Å². The molecule has 0 spiro atoms. The first-order chi connectivity index (χ1) is 14.2. The fourth-order valence-corrected chi connectivity index (χ4v) is 5.20. The second kappa shape index (κ2) is 9.75. The molecule has 0 saturated heterocycles. The summed E-state index contributed by atoms with van der Waals surface area (Å²) in [6, 6.07) is 9.32. The van der Waals surface area contributed by atoms with E-state index in [1.807, 2.05) is 12.1 Å². The van der Waals surface area contributed by atoms with Crippen LogP contribution in [-0.2, 0) is 17.6 Å². The molecule has 1 N–H and O–H groups in total. The van der Waals surface area contributed by atoms with Crippen LogP contribution in [0.1, 0.15) is 82.0 Å². The first kappa shape index (κ1) is 20.4. The number of aryl methyl sites for hydroxylation is 1. The number of amides is 1. The second-order valence-electron chi connectivity index (χ2n) is 8.56. The van der Waals surface area contributed by atoms with Gasteiger partial charge in [0.25, 0.3) is 0 Å². The third-order valence-electron chi connectivity index (χ3n) is 5.99. The van der Waals surface area contributed by atoms with Crippen LogP contribution in [-0.4, -0.2) is 16.5 Å². The lowest BCUT2D eigenvalue weighted by atomic mass is 9.96. The highest BCUT2D eigenvalue weighted by Gasteiger charge is 2.28. The van der Waals surface area contributed by atoms with Crippen molar-refractivity contribution >= 4 is 22.9 Å². The van der Waals surface area contributed by atoms with E-state index in [4.69, 9.17) is 4.99 Å². The van der Waals surface area contributed by atoms with Gasteiger partial charge in [-0.3, -0.25) is 9.79 Å². The third kappa shape index (κ3) is 5.59. The summed E-state index contributed by atoms with van der Waals surface area (Å²) >= 11 is 1.71. The number of benzene rings is 1. The second-order valence-corrected chi connectivity index (χ2v) is 9.39. The van der Waals surface area contributed by atoms with Crippen molar-refractivity contribution < 1.29 is 4.79 Å². The molecule has 2 aliphatic rings. The molecular formula is C24H33N3OS. The molecule has 0 atom stereocenters. The molecule has 29 heavy (non-hydrogen) atoms. The van der Waals surface area contributed by atoms with E-state index in [0.29, 0.717) is 18.5 Å². The molecule has 156 valence electrons. The zero-order valence-electron chi connectivity index (χ0n) is 17.5. The minimum absolute atomic E-state index is 0.0581. The van der Waals surface area contributed by atoms with Gasteiger partial charge in [-0.05, 0) is 56.2 Å². The van der Waals surface area contributed by atoms with Gasteiger partial charge >= 0.3 is 0 Å². The molecule has 0 aliphatic heterocycles.